The molecule has 9 nitrogen and oxygen atoms in total. The second-order valence-corrected chi connectivity index (χ2v) is 8.10. The first-order valence-electron chi connectivity index (χ1n) is 10.9. The van der Waals surface area contributed by atoms with Gasteiger partial charge in [-0.25, -0.2) is 18.8 Å². The van der Waals surface area contributed by atoms with Crippen LogP contribution in [0.1, 0.15) is 34.6 Å². The molecule has 1 aliphatic heterocycles. The molecule has 2 amide bonds. The summed E-state index contributed by atoms with van der Waals surface area (Å²) >= 11 is 6.14. The number of aryl methyl sites for hydroxylation is 1. The number of carbonyl (C=O) groups is 3. The summed E-state index contributed by atoms with van der Waals surface area (Å²) in [7, 11) is 0. The molecule has 186 valence electrons. The minimum atomic E-state index is -0.914. The molecule has 3 aromatic rings. The molecular formula is C25H21ClFN3O6. The van der Waals surface area contributed by atoms with Crippen molar-refractivity contribution >= 4 is 29.6 Å². The number of amides is 2. The van der Waals surface area contributed by atoms with Gasteiger partial charge in [0.1, 0.15) is 29.4 Å². The molecule has 0 bridgehead atoms. The van der Waals surface area contributed by atoms with Crippen LogP contribution < -0.4 is 10.6 Å². The van der Waals surface area contributed by atoms with Crippen molar-refractivity contribution in [3.8, 4) is 11.3 Å². The van der Waals surface area contributed by atoms with Gasteiger partial charge in [0.15, 0.2) is 0 Å². The van der Waals surface area contributed by atoms with Gasteiger partial charge in [0, 0.05) is 0 Å². The Kier molecular flexibility index (Phi) is 7.35. The first kappa shape index (κ1) is 24.9. The first-order chi connectivity index (χ1) is 17.3. The molecule has 0 aliphatic carbocycles. The molecule has 0 spiro atoms. The minimum absolute atomic E-state index is 0.0287. The topological polar surface area (TPSA) is 120 Å². The fourth-order valence-corrected chi connectivity index (χ4v) is 4.05. The Hall–Kier alpha value is -4.18. The average molecular weight is 514 g/mol. The molecule has 0 radical (unpaired) electrons. The second kappa shape index (κ2) is 10.6. The second-order valence-electron chi connectivity index (χ2n) is 7.69. The predicted molar refractivity (Wildman–Crippen MR) is 126 cm³/mol. The lowest BCUT2D eigenvalue weighted by Gasteiger charge is -2.29. The van der Waals surface area contributed by atoms with Gasteiger partial charge in [0.2, 0.25) is 0 Å². The zero-order valence-corrected chi connectivity index (χ0v) is 20.0. The SMILES string of the molecule is CCOC(=O)C1=C(COC(=O)c2c(-c3c(F)cccc3Cl)noc2C)NC(=O)NC1c1ccccc1. The highest BCUT2D eigenvalue weighted by molar-refractivity contribution is 6.33. The Balaban J connectivity index is 1.68. The van der Waals surface area contributed by atoms with Crippen molar-refractivity contribution < 1.29 is 32.8 Å². The lowest BCUT2D eigenvalue weighted by Crippen LogP contribution is -2.47. The molecule has 36 heavy (non-hydrogen) atoms. The van der Waals surface area contributed by atoms with E-state index in [-0.39, 0.29) is 45.5 Å². The largest absolute Gasteiger partial charge is 0.463 e. The van der Waals surface area contributed by atoms with Gasteiger partial charge in [-0.1, -0.05) is 53.2 Å². The van der Waals surface area contributed by atoms with E-state index in [9.17, 15) is 18.8 Å². The molecule has 1 atom stereocenters. The van der Waals surface area contributed by atoms with E-state index in [1.165, 1.54) is 25.1 Å². The van der Waals surface area contributed by atoms with Crippen LogP contribution in [0.25, 0.3) is 11.3 Å². The fraction of sp³-hybridized carbons (Fsp3) is 0.200. The van der Waals surface area contributed by atoms with Crippen LogP contribution in [0.15, 0.2) is 64.3 Å². The molecule has 11 heteroatoms. The van der Waals surface area contributed by atoms with Crippen LogP contribution in [-0.4, -0.2) is 36.3 Å². The van der Waals surface area contributed by atoms with E-state index in [1.54, 1.807) is 37.3 Å². The van der Waals surface area contributed by atoms with Gasteiger partial charge in [0.25, 0.3) is 0 Å². The van der Waals surface area contributed by atoms with Crippen LogP contribution >= 0.6 is 11.6 Å². The van der Waals surface area contributed by atoms with Gasteiger partial charge in [-0.2, -0.15) is 0 Å². The van der Waals surface area contributed by atoms with Gasteiger partial charge < -0.3 is 24.6 Å². The quantitative estimate of drug-likeness (QED) is 0.447. The van der Waals surface area contributed by atoms with Crippen LogP contribution in [0.2, 0.25) is 5.02 Å². The van der Waals surface area contributed by atoms with Crippen LogP contribution in [0, 0.1) is 12.7 Å². The average Bonchev–Trinajstić information content (AvgIpc) is 3.23. The molecule has 0 saturated heterocycles. The Morgan fingerprint density at radius 1 is 1.11 bits per heavy atom. The molecule has 0 fully saturated rings. The highest BCUT2D eigenvalue weighted by Crippen LogP contribution is 2.34. The van der Waals surface area contributed by atoms with Crippen LogP contribution in [0.5, 0.6) is 0 Å². The van der Waals surface area contributed by atoms with Crippen molar-refractivity contribution in [3.63, 3.8) is 0 Å². The first-order valence-corrected chi connectivity index (χ1v) is 11.3. The maximum atomic E-state index is 14.5. The maximum Gasteiger partial charge on any atom is 0.344 e. The van der Waals surface area contributed by atoms with Crippen molar-refractivity contribution in [1.29, 1.82) is 0 Å². The Morgan fingerprint density at radius 2 is 1.86 bits per heavy atom. The Bertz CT molecular complexity index is 1330. The molecule has 4 rings (SSSR count). The third-order valence-electron chi connectivity index (χ3n) is 5.40. The Labute approximate surface area is 210 Å². The molecule has 1 aliphatic rings. The van der Waals surface area contributed by atoms with E-state index < -0.39 is 36.4 Å². The number of ether oxygens (including phenoxy) is 2. The third-order valence-corrected chi connectivity index (χ3v) is 5.71. The summed E-state index contributed by atoms with van der Waals surface area (Å²) in [5.74, 6) is -2.23. The monoisotopic (exact) mass is 513 g/mol. The number of hydrogen-bond acceptors (Lipinski definition) is 7. The van der Waals surface area contributed by atoms with Crippen molar-refractivity contribution in [1.82, 2.24) is 15.8 Å². The van der Waals surface area contributed by atoms with Gasteiger partial charge in [-0.05, 0) is 31.5 Å². The van der Waals surface area contributed by atoms with Gasteiger partial charge in [-0.3, -0.25) is 0 Å². The minimum Gasteiger partial charge on any atom is -0.463 e. The summed E-state index contributed by atoms with van der Waals surface area (Å²) < 4.78 is 30.2. The molecule has 1 unspecified atom stereocenters. The van der Waals surface area contributed by atoms with Crippen molar-refractivity contribution in [2.24, 2.45) is 0 Å². The van der Waals surface area contributed by atoms with Crippen LogP contribution in [0.4, 0.5) is 9.18 Å². The third kappa shape index (κ3) is 4.94. The van der Waals surface area contributed by atoms with Crippen LogP contribution in [0.3, 0.4) is 0 Å². The standard InChI is InChI=1S/C25H21ClFN3O6/c1-3-34-24(32)20-17(28-25(33)29-21(20)14-8-5-4-6-9-14)12-35-23(31)18-13(2)36-30-22(18)19-15(26)10-7-11-16(19)27/h4-11,21H,3,12H2,1-2H3,(H2,28,29,33). The Morgan fingerprint density at radius 3 is 2.56 bits per heavy atom. The van der Waals surface area contributed by atoms with E-state index in [0.717, 1.165) is 0 Å². The van der Waals surface area contributed by atoms with E-state index in [2.05, 4.69) is 15.8 Å². The van der Waals surface area contributed by atoms with Gasteiger partial charge in [0.05, 0.1) is 34.5 Å². The van der Waals surface area contributed by atoms with E-state index in [0.29, 0.717) is 5.56 Å². The number of halogens is 2. The number of aromatic nitrogens is 1. The zero-order chi connectivity index (χ0) is 25.8. The van der Waals surface area contributed by atoms with E-state index >= 15 is 0 Å². The number of rotatable bonds is 7. The lowest BCUT2D eigenvalue weighted by atomic mass is 9.95. The predicted octanol–water partition coefficient (Wildman–Crippen LogP) is 4.47. The molecular weight excluding hydrogens is 493 g/mol. The number of nitrogens with one attached hydrogen (secondary N) is 2. The molecule has 2 heterocycles. The summed E-state index contributed by atoms with van der Waals surface area (Å²) in [6, 6.07) is 11.4. The summed E-state index contributed by atoms with van der Waals surface area (Å²) in [5, 5.41) is 9.02. The molecule has 2 aromatic carbocycles. The number of nitrogens with zero attached hydrogens (tertiary/aromatic N) is 1. The fourth-order valence-electron chi connectivity index (χ4n) is 3.79. The maximum absolute atomic E-state index is 14.5. The smallest absolute Gasteiger partial charge is 0.344 e. The highest BCUT2D eigenvalue weighted by Gasteiger charge is 2.35. The molecule has 2 N–H and O–H groups in total. The van der Waals surface area contributed by atoms with Gasteiger partial charge >= 0.3 is 18.0 Å². The molecule has 0 saturated carbocycles. The number of benzene rings is 2. The number of carbonyl (C=O) groups excluding carboxylic acids is 3. The lowest BCUT2D eigenvalue weighted by molar-refractivity contribution is -0.139. The zero-order valence-electron chi connectivity index (χ0n) is 19.3. The summed E-state index contributed by atoms with van der Waals surface area (Å²) in [4.78, 5) is 38.3. The van der Waals surface area contributed by atoms with Crippen LogP contribution in [-0.2, 0) is 14.3 Å². The summed E-state index contributed by atoms with van der Waals surface area (Å²) in [6.07, 6.45) is 0. The van der Waals surface area contributed by atoms with E-state index in [1.807, 2.05) is 0 Å². The number of esters is 2. The van der Waals surface area contributed by atoms with Crippen molar-refractivity contribution in [2.45, 2.75) is 19.9 Å². The van der Waals surface area contributed by atoms with E-state index in [4.69, 9.17) is 25.6 Å². The van der Waals surface area contributed by atoms with Crippen molar-refractivity contribution in [3.05, 3.63) is 87.5 Å². The summed E-state index contributed by atoms with van der Waals surface area (Å²) in [6.45, 7) is 2.72. The van der Waals surface area contributed by atoms with Crippen molar-refractivity contribution in [2.75, 3.05) is 13.2 Å². The summed E-state index contributed by atoms with van der Waals surface area (Å²) in [5.41, 5.74) is 0.366. The van der Waals surface area contributed by atoms with Gasteiger partial charge in [-0.15, -0.1) is 0 Å². The highest BCUT2D eigenvalue weighted by atomic mass is 35.5. The number of hydrogen-bond donors (Lipinski definition) is 2. The normalized spacial score (nSPS) is 15.2. The number of urea groups is 1. The molecule has 1 aromatic heterocycles.